The van der Waals surface area contributed by atoms with Crippen molar-refractivity contribution in [3.8, 4) is 11.8 Å². The molecule has 0 radical (unpaired) electrons. The second kappa shape index (κ2) is 9.51. The Balaban J connectivity index is 1.73. The van der Waals surface area contributed by atoms with E-state index in [9.17, 15) is 9.18 Å². The number of carbonyl (C=O) groups is 1. The minimum Gasteiger partial charge on any atom is -0.486 e. The Bertz CT molecular complexity index is 1060. The zero-order valence-electron chi connectivity index (χ0n) is 17.1. The van der Waals surface area contributed by atoms with Gasteiger partial charge in [0.2, 0.25) is 0 Å². The van der Waals surface area contributed by atoms with Crippen LogP contribution in [0.25, 0.3) is 0 Å². The molecule has 1 heterocycles. The molecule has 0 N–H and O–H groups in total. The van der Waals surface area contributed by atoms with Crippen LogP contribution in [0.2, 0.25) is 0 Å². The topological polar surface area (TPSA) is 66.2 Å². The number of carbonyl (C=O) groups excluding carboxylic acids is 1. The van der Waals surface area contributed by atoms with Gasteiger partial charge in [-0.25, -0.2) is 9.37 Å². The number of aryl methyl sites for hydroxylation is 1. The molecule has 0 saturated heterocycles. The number of hydrogen-bond donors (Lipinski definition) is 0. The number of benzene rings is 2. The lowest BCUT2D eigenvalue weighted by Crippen LogP contribution is -2.33. The van der Waals surface area contributed by atoms with Gasteiger partial charge < -0.3 is 9.64 Å². The van der Waals surface area contributed by atoms with Crippen molar-refractivity contribution in [2.24, 2.45) is 0 Å². The fourth-order valence-corrected chi connectivity index (χ4v) is 4.06. The number of halogens is 1. The molecule has 0 bridgehead atoms. The van der Waals surface area contributed by atoms with E-state index in [0.717, 1.165) is 5.56 Å². The first-order chi connectivity index (χ1) is 14.4. The van der Waals surface area contributed by atoms with Crippen LogP contribution in [0.4, 0.5) is 4.39 Å². The van der Waals surface area contributed by atoms with Crippen molar-refractivity contribution in [1.82, 2.24) is 9.88 Å². The van der Waals surface area contributed by atoms with Gasteiger partial charge in [-0.1, -0.05) is 12.1 Å². The normalized spacial score (nSPS) is 11.6. The lowest BCUT2D eigenvalue weighted by Gasteiger charge is -2.28. The maximum Gasteiger partial charge on any atom is 0.266 e. The monoisotopic (exact) mass is 423 g/mol. The molecule has 2 aromatic carbocycles. The molecule has 0 saturated carbocycles. The highest BCUT2D eigenvalue weighted by atomic mass is 32.1. The molecule has 154 valence electrons. The first-order valence-electron chi connectivity index (χ1n) is 9.58. The summed E-state index contributed by atoms with van der Waals surface area (Å²) >= 11 is 1.31. The number of ether oxygens (including phenoxy) is 1. The van der Waals surface area contributed by atoms with Crippen molar-refractivity contribution < 1.29 is 13.9 Å². The van der Waals surface area contributed by atoms with E-state index >= 15 is 0 Å². The van der Waals surface area contributed by atoms with E-state index in [2.05, 4.69) is 11.1 Å². The minimum absolute atomic E-state index is 0.0857. The van der Waals surface area contributed by atoms with Crippen molar-refractivity contribution in [3.63, 3.8) is 0 Å². The summed E-state index contributed by atoms with van der Waals surface area (Å²) in [6.07, 6.45) is 0. The summed E-state index contributed by atoms with van der Waals surface area (Å²) in [6.45, 7) is 6.47. The maximum atomic E-state index is 13.2. The molecule has 0 aliphatic rings. The standard InChI is InChI=1S/C23H22FN3O2S/c1-4-27(16(3)18-7-5-17(13-25)6-8-18)23(28)22-15(2)26-21(30-22)14-29-20-11-9-19(24)10-12-20/h5-12,16H,4,14H2,1-3H3. The van der Waals surface area contributed by atoms with Gasteiger partial charge >= 0.3 is 0 Å². The Labute approximate surface area is 179 Å². The molecule has 30 heavy (non-hydrogen) atoms. The van der Waals surface area contributed by atoms with Crippen molar-refractivity contribution >= 4 is 17.2 Å². The van der Waals surface area contributed by atoms with Crippen molar-refractivity contribution in [1.29, 1.82) is 5.26 Å². The van der Waals surface area contributed by atoms with Crippen LogP contribution in [-0.4, -0.2) is 22.3 Å². The van der Waals surface area contributed by atoms with Gasteiger partial charge in [-0.3, -0.25) is 4.79 Å². The number of amides is 1. The van der Waals surface area contributed by atoms with E-state index in [0.29, 0.717) is 33.4 Å². The molecule has 0 aliphatic heterocycles. The highest BCUT2D eigenvalue weighted by Gasteiger charge is 2.25. The minimum atomic E-state index is -0.323. The number of aromatic nitrogens is 1. The SMILES string of the molecule is CCN(C(=O)c1sc(COc2ccc(F)cc2)nc1C)C(C)c1ccc(C#N)cc1. The molecular formula is C23H22FN3O2S. The van der Waals surface area contributed by atoms with Crippen molar-refractivity contribution in [2.45, 2.75) is 33.4 Å². The highest BCUT2D eigenvalue weighted by Crippen LogP contribution is 2.27. The Kier molecular flexibility index (Phi) is 6.80. The van der Waals surface area contributed by atoms with Crippen LogP contribution in [-0.2, 0) is 6.61 Å². The number of hydrogen-bond acceptors (Lipinski definition) is 5. The second-order valence-electron chi connectivity index (χ2n) is 6.77. The van der Waals surface area contributed by atoms with Gasteiger partial charge in [-0.2, -0.15) is 5.26 Å². The molecule has 5 nitrogen and oxygen atoms in total. The molecule has 0 aliphatic carbocycles. The van der Waals surface area contributed by atoms with Crippen LogP contribution in [0.5, 0.6) is 5.75 Å². The van der Waals surface area contributed by atoms with Crippen LogP contribution >= 0.6 is 11.3 Å². The summed E-state index contributed by atoms with van der Waals surface area (Å²) < 4.78 is 18.7. The smallest absolute Gasteiger partial charge is 0.266 e. The number of nitrogens with zero attached hydrogens (tertiary/aromatic N) is 3. The molecule has 3 rings (SSSR count). The van der Waals surface area contributed by atoms with Crippen LogP contribution in [0.15, 0.2) is 48.5 Å². The van der Waals surface area contributed by atoms with Gasteiger partial charge in [0.1, 0.15) is 28.1 Å². The molecule has 0 fully saturated rings. The lowest BCUT2D eigenvalue weighted by molar-refractivity contribution is 0.0706. The summed E-state index contributed by atoms with van der Waals surface area (Å²) in [6, 6.07) is 15.0. The first-order valence-corrected chi connectivity index (χ1v) is 10.4. The van der Waals surface area contributed by atoms with Crippen LogP contribution in [0, 0.1) is 24.1 Å². The number of rotatable bonds is 7. The quantitative estimate of drug-likeness (QED) is 0.520. The molecule has 1 atom stereocenters. The Morgan fingerprint density at radius 1 is 1.23 bits per heavy atom. The van der Waals surface area contributed by atoms with E-state index in [1.165, 1.54) is 23.5 Å². The van der Waals surface area contributed by atoms with E-state index < -0.39 is 0 Å². The van der Waals surface area contributed by atoms with Crippen molar-refractivity contribution in [2.75, 3.05) is 6.54 Å². The van der Waals surface area contributed by atoms with Crippen LogP contribution in [0.3, 0.4) is 0 Å². The summed E-state index contributed by atoms with van der Waals surface area (Å²) in [4.78, 5) is 20.1. The van der Waals surface area contributed by atoms with Gasteiger partial charge in [0, 0.05) is 6.54 Å². The number of thiazole rings is 1. The summed E-state index contributed by atoms with van der Waals surface area (Å²) in [7, 11) is 0. The van der Waals surface area contributed by atoms with E-state index in [1.807, 2.05) is 32.9 Å². The molecular weight excluding hydrogens is 401 g/mol. The van der Waals surface area contributed by atoms with Gasteiger partial charge in [0.15, 0.2) is 0 Å². The fourth-order valence-electron chi connectivity index (χ4n) is 3.13. The largest absolute Gasteiger partial charge is 0.486 e. The summed E-state index contributed by atoms with van der Waals surface area (Å²) in [5.74, 6) is 0.135. The third-order valence-corrected chi connectivity index (χ3v) is 5.92. The predicted octanol–water partition coefficient (Wildman–Crippen LogP) is 5.26. The molecule has 7 heteroatoms. The summed E-state index contributed by atoms with van der Waals surface area (Å²) in [5.41, 5.74) is 2.21. The summed E-state index contributed by atoms with van der Waals surface area (Å²) in [5, 5.41) is 9.66. The Morgan fingerprint density at radius 2 is 1.90 bits per heavy atom. The third-order valence-electron chi connectivity index (χ3n) is 4.80. The molecule has 1 aromatic heterocycles. The van der Waals surface area contributed by atoms with Gasteiger partial charge in [-0.15, -0.1) is 11.3 Å². The molecule has 0 spiro atoms. The molecule has 1 amide bonds. The fraction of sp³-hybridized carbons (Fsp3) is 0.261. The Hall–Kier alpha value is -3.24. The number of nitriles is 1. The van der Waals surface area contributed by atoms with Gasteiger partial charge in [-0.05, 0) is 62.7 Å². The average Bonchev–Trinajstić information content (AvgIpc) is 3.14. The second-order valence-corrected chi connectivity index (χ2v) is 7.85. The Morgan fingerprint density at radius 3 is 2.50 bits per heavy atom. The van der Waals surface area contributed by atoms with E-state index in [-0.39, 0.29) is 24.4 Å². The van der Waals surface area contributed by atoms with Gasteiger partial charge in [0.25, 0.3) is 5.91 Å². The maximum absolute atomic E-state index is 13.2. The van der Waals surface area contributed by atoms with Crippen LogP contribution in [0.1, 0.15) is 51.4 Å². The predicted molar refractivity (Wildman–Crippen MR) is 114 cm³/mol. The zero-order valence-corrected chi connectivity index (χ0v) is 17.9. The first kappa shape index (κ1) is 21.5. The third kappa shape index (κ3) is 4.84. The van der Waals surface area contributed by atoms with Gasteiger partial charge in [0.05, 0.1) is 23.4 Å². The lowest BCUT2D eigenvalue weighted by atomic mass is 10.0. The molecule has 1 unspecified atom stereocenters. The highest BCUT2D eigenvalue weighted by molar-refractivity contribution is 7.13. The van der Waals surface area contributed by atoms with E-state index in [1.54, 1.807) is 29.2 Å². The zero-order chi connectivity index (χ0) is 21.7. The van der Waals surface area contributed by atoms with Crippen LogP contribution < -0.4 is 4.74 Å². The molecule has 3 aromatic rings. The van der Waals surface area contributed by atoms with E-state index in [4.69, 9.17) is 10.00 Å². The van der Waals surface area contributed by atoms with Crippen molar-refractivity contribution in [3.05, 3.63) is 81.1 Å². The average molecular weight is 424 g/mol.